The van der Waals surface area contributed by atoms with Gasteiger partial charge in [0.15, 0.2) is 0 Å². The van der Waals surface area contributed by atoms with Crippen molar-refractivity contribution in [1.29, 1.82) is 0 Å². The number of hydrogen-bond acceptors (Lipinski definition) is 3. The van der Waals surface area contributed by atoms with Crippen molar-refractivity contribution in [3.05, 3.63) is 52.3 Å². The molecule has 0 saturated carbocycles. The van der Waals surface area contributed by atoms with E-state index in [2.05, 4.69) is 20.7 Å². The van der Waals surface area contributed by atoms with Gasteiger partial charge in [-0.1, -0.05) is 6.07 Å². The van der Waals surface area contributed by atoms with Crippen LogP contribution in [0.2, 0.25) is 0 Å². The van der Waals surface area contributed by atoms with Gasteiger partial charge >= 0.3 is 0 Å². The molecule has 0 aliphatic rings. The van der Waals surface area contributed by atoms with Gasteiger partial charge in [0.2, 0.25) is 0 Å². The highest BCUT2D eigenvalue weighted by molar-refractivity contribution is 9.10. The molecule has 0 spiro atoms. The summed E-state index contributed by atoms with van der Waals surface area (Å²) in [6.07, 6.45) is 0. The van der Waals surface area contributed by atoms with E-state index in [1.54, 1.807) is 6.92 Å². The smallest absolute Gasteiger partial charge is 0.262 e. The van der Waals surface area contributed by atoms with E-state index in [0.29, 0.717) is 5.56 Å². The van der Waals surface area contributed by atoms with Crippen LogP contribution in [0.25, 0.3) is 0 Å². The zero-order valence-electron chi connectivity index (χ0n) is 10.4. The Balaban J connectivity index is 2.41. The molecule has 0 radical (unpaired) electrons. The predicted molar refractivity (Wildman–Crippen MR) is 77.8 cm³/mol. The summed E-state index contributed by atoms with van der Waals surface area (Å²) in [7, 11) is -3.84. The molecule has 2 N–H and O–H groups in total. The topological polar surface area (TPSA) is 66.4 Å². The molecule has 0 fully saturated rings. The lowest BCUT2D eigenvalue weighted by atomic mass is 10.2. The van der Waals surface area contributed by atoms with Crippen LogP contribution in [-0.4, -0.2) is 13.5 Å². The van der Waals surface area contributed by atoms with E-state index < -0.39 is 15.8 Å². The first-order valence-corrected chi connectivity index (χ1v) is 7.85. The van der Waals surface area contributed by atoms with Crippen LogP contribution in [-0.2, 0) is 10.0 Å². The Morgan fingerprint density at radius 1 is 1.25 bits per heavy atom. The molecule has 0 saturated heterocycles. The summed E-state index contributed by atoms with van der Waals surface area (Å²) in [4.78, 5) is -0.0719. The Hall–Kier alpha value is -1.60. The molecule has 0 amide bonds. The molecular weight excluding hydrogens is 349 g/mol. The fourth-order valence-electron chi connectivity index (χ4n) is 1.61. The lowest BCUT2D eigenvalue weighted by molar-refractivity contribution is 0.473. The van der Waals surface area contributed by atoms with Crippen LogP contribution in [0.1, 0.15) is 5.56 Å². The highest BCUT2D eigenvalue weighted by Gasteiger charge is 2.16. The number of aryl methyl sites for hydroxylation is 1. The molecule has 7 heteroatoms. The summed E-state index contributed by atoms with van der Waals surface area (Å²) in [5.41, 5.74) is 0.719. The van der Waals surface area contributed by atoms with Gasteiger partial charge in [-0.25, -0.2) is 12.8 Å². The zero-order valence-corrected chi connectivity index (χ0v) is 12.8. The average molecular weight is 360 g/mol. The summed E-state index contributed by atoms with van der Waals surface area (Å²) in [5.74, 6) is -0.618. The molecular formula is C13H11BrFNO3S. The predicted octanol–water partition coefficient (Wildman–Crippen LogP) is 3.40. The van der Waals surface area contributed by atoms with Gasteiger partial charge in [0.1, 0.15) is 11.6 Å². The highest BCUT2D eigenvalue weighted by atomic mass is 79.9. The van der Waals surface area contributed by atoms with Gasteiger partial charge in [0, 0.05) is 6.07 Å². The second-order valence-corrected chi connectivity index (χ2v) is 6.72. The Morgan fingerprint density at radius 3 is 2.60 bits per heavy atom. The van der Waals surface area contributed by atoms with E-state index in [4.69, 9.17) is 0 Å². The van der Waals surface area contributed by atoms with Crippen molar-refractivity contribution >= 4 is 31.6 Å². The van der Waals surface area contributed by atoms with Crippen molar-refractivity contribution in [3.8, 4) is 5.75 Å². The maximum Gasteiger partial charge on any atom is 0.262 e. The maximum absolute atomic E-state index is 13.3. The number of anilines is 1. The van der Waals surface area contributed by atoms with Gasteiger partial charge in [-0.2, -0.15) is 0 Å². The number of aromatic hydroxyl groups is 1. The van der Waals surface area contributed by atoms with E-state index in [1.807, 2.05) is 0 Å². The highest BCUT2D eigenvalue weighted by Crippen LogP contribution is 2.27. The molecule has 0 aromatic heterocycles. The van der Waals surface area contributed by atoms with E-state index in [-0.39, 0.29) is 20.8 Å². The second-order valence-electron chi connectivity index (χ2n) is 4.18. The summed E-state index contributed by atoms with van der Waals surface area (Å²) in [5, 5.41) is 9.33. The number of phenols is 1. The minimum absolute atomic E-state index is 0.0719. The molecule has 0 bridgehead atoms. The Morgan fingerprint density at radius 2 is 1.95 bits per heavy atom. The zero-order chi connectivity index (χ0) is 14.9. The van der Waals surface area contributed by atoms with E-state index in [9.17, 15) is 17.9 Å². The Labute approximate surface area is 124 Å². The fraction of sp³-hybridized carbons (Fsp3) is 0.0769. The fourth-order valence-corrected chi connectivity index (χ4v) is 3.11. The van der Waals surface area contributed by atoms with Crippen molar-refractivity contribution in [1.82, 2.24) is 0 Å². The number of halogens is 2. The van der Waals surface area contributed by atoms with E-state index >= 15 is 0 Å². The molecule has 0 aliphatic heterocycles. The number of rotatable bonds is 3. The minimum atomic E-state index is -3.84. The van der Waals surface area contributed by atoms with Crippen LogP contribution >= 0.6 is 15.9 Å². The van der Waals surface area contributed by atoms with Gasteiger partial charge in [0.05, 0.1) is 15.1 Å². The van der Waals surface area contributed by atoms with Crippen molar-refractivity contribution in [2.24, 2.45) is 0 Å². The van der Waals surface area contributed by atoms with Crippen molar-refractivity contribution in [2.45, 2.75) is 11.8 Å². The van der Waals surface area contributed by atoms with Crippen molar-refractivity contribution in [3.63, 3.8) is 0 Å². The van der Waals surface area contributed by atoms with Gasteiger partial charge in [-0.15, -0.1) is 0 Å². The summed E-state index contributed by atoms with van der Waals surface area (Å²) in [6.45, 7) is 1.59. The van der Waals surface area contributed by atoms with Crippen LogP contribution < -0.4 is 4.72 Å². The monoisotopic (exact) mass is 359 g/mol. The van der Waals surface area contributed by atoms with Gasteiger partial charge in [0.25, 0.3) is 10.0 Å². The van der Waals surface area contributed by atoms with Crippen LogP contribution in [0.4, 0.5) is 10.1 Å². The minimum Gasteiger partial charge on any atom is -0.508 e. The Kier molecular flexibility index (Phi) is 4.01. The first kappa shape index (κ1) is 14.8. The van der Waals surface area contributed by atoms with Gasteiger partial charge < -0.3 is 5.11 Å². The molecule has 0 atom stereocenters. The number of phenolic OH excluding ortho intramolecular Hbond substituents is 1. The first-order valence-electron chi connectivity index (χ1n) is 5.57. The number of hydrogen-bond donors (Lipinski definition) is 2. The van der Waals surface area contributed by atoms with Crippen molar-refractivity contribution < 1.29 is 17.9 Å². The van der Waals surface area contributed by atoms with E-state index in [0.717, 1.165) is 6.07 Å². The number of sulfonamides is 1. The quantitative estimate of drug-likeness (QED) is 0.882. The molecule has 20 heavy (non-hydrogen) atoms. The average Bonchev–Trinajstić information content (AvgIpc) is 2.36. The summed E-state index contributed by atoms with van der Waals surface area (Å²) >= 11 is 3.01. The molecule has 0 aliphatic carbocycles. The van der Waals surface area contributed by atoms with Crippen LogP contribution in [0.15, 0.2) is 45.8 Å². The normalized spacial score (nSPS) is 11.3. The molecule has 106 valence electrons. The largest absolute Gasteiger partial charge is 0.508 e. The summed E-state index contributed by atoms with van der Waals surface area (Å²) < 4.78 is 40.2. The SMILES string of the molecule is Cc1cc(F)c(Br)cc1NS(=O)(=O)c1cccc(O)c1. The van der Waals surface area contributed by atoms with Crippen LogP contribution in [0.5, 0.6) is 5.75 Å². The van der Waals surface area contributed by atoms with Crippen molar-refractivity contribution in [2.75, 3.05) is 4.72 Å². The third-order valence-corrected chi connectivity index (χ3v) is 4.61. The third-order valence-electron chi connectivity index (χ3n) is 2.64. The maximum atomic E-state index is 13.3. The van der Waals surface area contributed by atoms with Gasteiger partial charge in [-0.05, 0) is 52.7 Å². The van der Waals surface area contributed by atoms with Crippen LogP contribution in [0, 0.1) is 12.7 Å². The standard InChI is InChI=1S/C13H11BrFNO3S/c1-8-5-12(15)11(14)7-13(8)16-20(18,19)10-4-2-3-9(17)6-10/h2-7,16-17H,1H3. The molecule has 0 heterocycles. The third kappa shape index (κ3) is 3.10. The lowest BCUT2D eigenvalue weighted by Gasteiger charge is -2.11. The van der Waals surface area contributed by atoms with Crippen LogP contribution in [0.3, 0.4) is 0 Å². The molecule has 0 unspecified atom stereocenters. The summed E-state index contributed by atoms with van der Waals surface area (Å²) in [6, 6.07) is 7.87. The number of benzene rings is 2. The lowest BCUT2D eigenvalue weighted by Crippen LogP contribution is -2.13. The van der Waals surface area contributed by atoms with Gasteiger partial charge in [-0.3, -0.25) is 4.72 Å². The number of nitrogens with one attached hydrogen (secondary N) is 1. The first-order chi connectivity index (χ1) is 9.29. The molecule has 2 rings (SSSR count). The Bertz CT molecular complexity index is 762. The molecule has 2 aromatic rings. The molecule has 2 aromatic carbocycles. The second kappa shape index (κ2) is 5.41. The molecule has 4 nitrogen and oxygen atoms in total. The van der Waals surface area contributed by atoms with E-state index in [1.165, 1.54) is 30.3 Å².